The fourth-order valence-electron chi connectivity index (χ4n) is 10.2. The minimum absolute atomic E-state index is 0.103. The molecule has 0 rings (SSSR count). The molecule has 3 N–H and O–H groups in total. The molecule has 0 fully saturated rings. The van der Waals surface area contributed by atoms with Crippen LogP contribution in [0.3, 0.4) is 0 Å². The van der Waals surface area contributed by atoms with Crippen molar-refractivity contribution in [3.05, 3.63) is 0 Å². The summed E-state index contributed by atoms with van der Waals surface area (Å²) >= 11 is 0. The minimum atomic E-state index is -4.95. The number of ether oxygens (including phenoxy) is 4. The molecule has 0 heterocycles. The average Bonchev–Trinajstić information content (AvgIpc) is 3.59. The van der Waals surface area contributed by atoms with Gasteiger partial charge in [0.25, 0.3) is 0 Å². The highest BCUT2D eigenvalue weighted by atomic mass is 31.2. The molecule has 0 aliphatic carbocycles. The van der Waals surface area contributed by atoms with Crippen LogP contribution in [-0.2, 0) is 65.4 Å². The highest BCUT2D eigenvalue weighted by molar-refractivity contribution is 7.47. The zero-order valence-corrected chi connectivity index (χ0v) is 59.1. The summed E-state index contributed by atoms with van der Waals surface area (Å²) in [6.45, 7) is 14.0. The van der Waals surface area contributed by atoms with Crippen molar-refractivity contribution >= 4 is 39.5 Å². The monoisotopic (exact) mass is 1300 g/mol. The number of hydrogen-bond acceptors (Lipinski definition) is 15. The Labute approximate surface area is 537 Å². The minimum Gasteiger partial charge on any atom is -0.462 e. The number of esters is 4. The summed E-state index contributed by atoms with van der Waals surface area (Å²) in [6, 6.07) is 0. The van der Waals surface area contributed by atoms with Crippen molar-refractivity contribution < 1.29 is 80.2 Å². The Hall–Kier alpha value is -1.94. The molecule has 0 spiro atoms. The maximum absolute atomic E-state index is 13.0. The summed E-state index contributed by atoms with van der Waals surface area (Å²) in [7, 11) is -9.90. The fourth-order valence-corrected chi connectivity index (χ4v) is 11.8. The number of aliphatic hydroxyl groups is 1. The third-order valence-corrected chi connectivity index (χ3v) is 18.4. The smallest absolute Gasteiger partial charge is 0.462 e. The molecule has 19 heteroatoms. The van der Waals surface area contributed by atoms with Crippen LogP contribution in [0.25, 0.3) is 0 Å². The lowest BCUT2D eigenvalue weighted by atomic mass is 10.00. The summed E-state index contributed by atoms with van der Waals surface area (Å²) in [5.74, 6) is 0.841. The summed E-state index contributed by atoms with van der Waals surface area (Å²) in [4.78, 5) is 72.4. The van der Waals surface area contributed by atoms with Crippen LogP contribution in [0.4, 0.5) is 0 Å². The van der Waals surface area contributed by atoms with Gasteiger partial charge in [-0.05, 0) is 49.4 Å². The number of phosphoric acid groups is 2. The Balaban J connectivity index is 5.24. The van der Waals surface area contributed by atoms with E-state index in [1.165, 1.54) is 128 Å². The molecule has 4 unspecified atom stereocenters. The zero-order valence-electron chi connectivity index (χ0n) is 57.3. The van der Waals surface area contributed by atoms with E-state index >= 15 is 0 Å². The number of phosphoric ester groups is 2. The number of hydrogen-bond donors (Lipinski definition) is 3. The second-order valence-electron chi connectivity index (χ2n) is 26.4. The predicted octanol–water partition coefficient (Wildman–Crippen LogP) is 19.3. The summed E-state index contributed by atoms with van der Waals surface area (Å²) in [6.07, 6.45) is 40.4. The van der Waals surface area contributed by atoms with E-state index in [-0.39, 0.29) is 25.7 Å². The Morgan fingerprint density at radius 3 is 0.807 bits per heavy atom. The Morgan fingerprint density at radius 1 is 0.318 bits per heavy atom. The Bertz CT molecular complexity index is 1750. The topological polar surface area (TPSA) is 237 Å². The van der Waals surface area contributed by atoms with E-state index in [1.807, 2.05) is 0 Å². The van der Waals surface area contributed by atoms with Gasteiger partial charge in [0.05, 0.1) is 26.4 Å². The molecule has 0 aliphatic heterocycles. The van der Waals surface area contributed by atoms with Crippen molar-refractivity contribution in [3.8, 4) is 0 Å². The van der Waals surface area contributed by atoms with Gasteiger partial charge in [0.1, 0.15) is 19.3 Å². The third-order valence-electron chi connectivity index (χ3n) is 16.5. The molecule has 0 amide bonds. The van der Waals surface area contributed by atoms with E-state index in [1.54, 1.807) is 0 Å². The lowest BCUT2D eigenvalue weighted by Gasteiger charge is -2.21. The molecule has 7 atom stereocenters. The van der Waals surface area contributed by atoms with Crippen molar-refractivity contribution in [3.63, 3.8) is 0 Å². The van der Waals surface area contributed by atoms with Gasteiger partial charge in [0, 0.05) is 25.7 Å². The first-order valence-electron chi connectivity index (χ1n) is 35.8. The normalized spacial score (nSPS) is 14.9. The quantitative estimate of drug-likeness (QED) is 0.0222. The molecular weight excluding hydrogens is 1160 g/mol. The van der Waals surface area contributed by atoms with Crippen molar-refractivity contribution in [1.29, 1.82) is 0 Å². The lowest BCUT2D eigenvalue weighted by molar-refractivity contribution is -0.161. The lowest BCUT2D eigenvalue weighted by Crippen LogP contribution is -2.30. The summed E-state index contributed by atoms with van der Waals surface area (Å²) in [5, 5.41) is 10.6. The SMILES string of the molecule is CCC(C)CCCCCCCCC(=O)OC[C@H](COP(=O)(O)OC[C@H](O)COP(=O)(O)OC[C@@H](COC(=O)CCCCCCCCC(C)CC)OC(=O)CCCCCCCCCCC(C)C)OC(=O)CCCCCCCCCCCCCCCCC(C)C. The molecule has 0 saturated carbocycles. The van der Waals surface area contributed by atoms with E-state index in [9.17, 15) is 43.2 Å². The van der Waals surface area contributed by atoms with Crippen LogP contribution < -0.4 is 0 Å². The van der Waals surface area contributed by atoms with E-state index in [2.05, 4.69) is 55.4 Å². The first-order chi connectivity index (χ1) is 42.2. The summed E-state index contributed by atoms with van der Waals surface area (Å²) in [5.41, 5.74) is 0. The number of carbonyl (C=O) groups excluding carboxylic acids is 4. The van der Waals surface area contributed by atoms with Crippen molar-refractivity contribution in [2.45, 2.75) is 356 Å². The van der Waals surface area contributed by atoms with Gasteiger partial charge in [0.15, 0.2) is 12.2 Å². The van der Waals surface area contributed by atoms with Gasteiger partial charge in [0.2, 0.25) is 0 Å². The third kappa shape index (κ3) is 60.3. The number of carbonyl (C=O) groups is 4. The van der Waals surface area contributed by atoms with Crippen molar-refractivity contribution in [2.24, 2.45) is 23.7 Å². The van der Waals surface area contributed by atoms with Gasteiger partial charge < -0.3 is 33.8 Å². The van der Waals surface area contributed by atoms with Crippen molar-refractivity contribution in [2.75, 3.05) is 39.6 Å². The molecule has 0 aromatic carbocycles. The molecular formula is C69H134O17P2. The van der Waals surface area contributed by atoms with Crippen LogP contribution in [0, 0.1) is 23.7 Å². The van der Waals surface area contributed by atoms with Crippen molar-refractivity contribution in [1.82, 2.24) is 0 Å². The number of unbranched alkanes of at least 4 members (excludes halogenated alkanes) is 30. The molecule has 522 valence electrons. The zero-order chi connectivity index (χ0) is 65.4. The molecule has 17 nitrogen and oxygen atoms in total. The molecule has 88 heavy (non-hydrogen) atoms. The van der Waals surface area contributed by atoms with E-state index < -0.39 is 97.5 Å². The van der Waals surface area contributed by atoms with Gasteiger partial charge in [-0.15, -0.1) is 0 Å². The standard InChI is InChI=1S/C69H134O17P2/c1-9-61(7)47-39-31-25-27-33-41-49-66(71)79-55-64(85-68(73)51-43-35-23-18-16-14-12-11-13-15-17-21-29-37-45-59(3)4)57-83-87(75,76)81-53-63(70)54-82-88(77,78)84-58-65(56-80-67(72)50-42-34-28-26-32-40-48-62(8)10-2)86-69(74)52-44-36-24-20-19-22-30-38-46-60(5)6/h59-65,70H,9-58H2,1-8H3,(H,75,76)(H,77,78)/t61?,62?,63-,64+,65+/m0/s1. The number of rotatable bonds is 66. The molecule has 0 radical (unpaired) electrons. The maximum atomic E-state index is 13.0. The van der Waals surface area contributed by atoms with Gasteiger partial charge in [-0.25, -0.2) is 9.13 Å². The second-order valence-corrected chi connectivity index (χ2v) is 29.3. The van der Waals surface area contributed by atoms with Crippen LogP contribution in [0.5, 0.6) is 0 Å². The van der Waals surface area contributed by atoms with Gasteiger partial charge >= 0.3 is 39.5 Å². The van der Waals surface area contributed by atoms with E-state index in [0.29, 0.717) is 25.7 Å². The van der Waals surface area contributed by atoms with Gasteiger partial charge in [-0.1, -0.05) is 287 Å². The van der Waals surface area contributed by atoms with Gasteiger partial charge in [-0.3, -0.25) is 37.3 Å². The van der Waals surface area contributed by atoms with Crippen LogP contribution in [0.15, 0.2) is 0 Å². The molecule has 0 aliphatic rings. The largest absolute Gasteiger partial charge is 0.472 e. The Kier molecular flexibility index (Phi) is 57.6. The van der Waals surface area contributed by atoms with Crippen LogP contribution in [0.2, 0.25) is 0 Å². The maximum Gasteiger partial charge on any atom is 0.472 e. The second kappa shape index (κ2) is 58.8. The van der Waals surface area contributed by atoms with E-state index in [0.717, 1.165) is 126 Å². The summed E-state index contributed by atoms with van der Waals surface area (Å²) < 4.78 is 68.2. The highest BCUT2D eigenvalue weighted by Gasteiger charge is 2.30. The molecule has 0 aromatic rings. The van der Waals surface area contributed by atoms with Gasteiger partial charge in [-0.2, -0.15) is 0 Å². The molecule has 0 aromatic heterocycles. The molecule has 0 bridgehead atoms. The first-order valence-corrected chi connectivity index (χ1v) is 38.8. The first kappa shape index (κ1) is 86.1. The fraction of sp³-hybridized carbons (Fsp3) is 0.942. The molecule has 0 saturated heterocycles. The number of aliphatic hydroxyl groups excluding tert-OH is 1. The van der Waals surface area contributed by atoms with Crippen LogP contribution in [0.1, 0.15) is 338 Å². The van der Waals surface area contributed by atoms with Crippen LogP contribution in [-0.4, -0.2) is 96.7 Å². The average molecular weight is 1300 g/mol. The van der Waals surface area contributed by atoms with E-state index in [4.69, 9.17) is 37.0 Å². The Morgan fingerprint density at radius 2 is 0.545 bits per heavy atom. The highest BCUT2D eigenvalue weighted by Crippen LogP contribution is 2.45. The predicted molar refractivity (Wildman–Crippen MR) is 354 cm³/mol. The van der Waals surface area contributed by atoms with Crippen LogP contribution >= 0.6 is 15.6 Å².